The molecule has 1 rings (SSSR count). The summed E-state index contributed by atoms with van der Waals surface area (Å²) in [4.78, 5) is 32.9. The molecule has 0 aromatic carbocycles. The van der Waals surface area contributed by atoms with Gasteiger partial charge in [-0.1, -0.05) is 6.92 Å². The number of rotatable bonds is 5. The maximum Gasteiger partial charge on any atom is 0.326 e. The van der Waals surface area contributed by atoms with Crippen molar-refractivity contribution in [2.75, 3.05) is 13.2 Å². The molecule has 3 atom stereocenters. The second kappa shape index (κ2) is 6.93. The number of carbonyl (C=O) groups is 3. The summed E-state index contributed by atoms with van der Waals surface area (Å²) in [6.45, 7) is 2.98. The maximum absolute atomic E-state index is 11.6. The first-order chi connectivity index (χ1) is 8.90. The van der Waals surface area contributed by atoms with E-state index >= 15 is 0 Å². The molecule has 1 fully saturated rings. The summed E-state index contributed by atoms with van der Waals surface area (Å²) in [5.74, 6) is -2.54. The highest BCUT2D eigenvalue weighted by molar-refractivity contribution is 5.86. The zero-order valence-corrected chi connectivity index (χ0v) is 10.6. The van der Waals surface area contributed by atoms with Gasteiger partial charge >= 0.3 is 18.0 Å². The summed E-state index contributed by atoms with van der Waals surface area (Å²) in [7, 11) is 0. The molecule has 1 saturated heterocycles. The first-order valence-electron chi connectivity index (χ1n) is 5.99. The maximum atomic E-state index is 11.6. The van der Waals surface area contributed by atoms with Gasteiger partial charge in [-0.15, -0.1) is 0 Å². The van der Waals surface area contributed by atoms with Crippen LogP contribution in [0.2, 0.25) is 0 Å². The predicted octanol–water partition coefficient (Wildman–Crippen LogP) is -0.361. The minimum Gasteiger partial charge on any atom is -0.481 e. The summed E-state index contributed by atoms with van der Waals surface area (Å²) >= 11 is 0. The van der Waals surface area contributed by atoms with Crippen molar-refractivity contribution >= 4 is 18.0 Å². The van der Waals surface area contributed by atoms with Gasteiger partial charge in [0.2, 0.25) is 0 Å². The molecule has 19 heavy (non-hydrogen) atoms. The first kappa shape index (κ1) is 15.2. The minimum atomic E-state index is -1.44. The number of ether oxygens (including phenoxy) is 1. The molecule has 0 saturated carbocycles. The van der Waals surface area contributed by atoms with Crippen molar-refractivity contribution in [2.24, 2.45) is 5.92 Å². The number of hydrogen-bond donors (Lipinski definition) is 4. The highest BCUT2D eigenvalue weighted by Gasteiger charge is 2.27. The van der Waals surface area contributed by atoms with Gasteiger partial charge in [-0.05, 0) is 12.3 Å². The van der Waals surface area contributed by atoms with Crippen molar-refractivity contribution in [3.05, 3.63) is 0 Å². The summed E-state index contributed by atoms with van der Waals surface area (Å²) in [6.07, 6.45) is -0.0165. The smallest absolute Gasteiger partial charge is 0.326 e. The van der Waals surface area contributed by atoms with Crippen LogP contribution < -0.4 is 10.6 Å². The van der Waals surface area contributed by atoms with Crippen LogP contribution in [0.25, 0.3) is 0 Å². The quantitative estimate of drug-likeness (QED) is 0.542. The monoisotopic (exact) mass is 274 g/mol. The summed E-state index contributed by atoms with van der Waals surface area (Å²) < 4.78 is 5.22. The van der Waals surface area contributed by atoms with Gasteiger partial charge in [0.25, 0.3) is 0 Å². The van der Waals surface area contributed by atoms with Crippen LogP contribution in [0.5, 0.6) is 0 Å². The molecule has 1 heterocycles. The normalized spacial score (nSPS) is 24.3. The Morgan fingerprint density at radius 2 is 2.05 bits per heavy atom. The molecule has 2 unspecified atom stereocenters. The molecule has 0 bridgehead atoms. The Hall–Kier alpha value is -1.83. The van der Waals surface area contributed by atoms with E-state index in [2.05, 4.69) is 10.6 Å². The van der Waals surface area contributed by atoms with E-state index in [1.165, 1.54) is 0 Å². The van der Waals surface area contributed by atoms with Crippen LogP contribution in [0.15, 0.2) is 0 Å². The number of nitrogens with one attached hydrogen (secondary N) is 2. The predicted molar refractivity (Wildman–Crippen MR) is 63.7 cm³/mol. The molecular formula is C11H18N2O6. The summed E-state index contributed by atoms with van der Waals surface area (Å²) in [5, 5.41) is 22.1. The average Bonchev–Trinajstić information content (AvgIpc) is 2.30. The van der Waals surface area contributed by atoms with Crippen LogP contribution in [0.4, 0.5) is 4.79 Å². The van der Waals surface area contributed by atoms with Crippen LogP contribution in [-0.2, 0) is 14.3 Å². The molecule has 0 aromatic rings. The number of urea groups is 1. The van der Waals surface area contributed by atoms with Crippen molar-refractivity contribution in [3.8, 4) is 0 Å². The molecule has 1 aliphatic rings. The average molecular weight is 274 g/mol. The number of carbonyl (C=O) groups excluding carboxylic acids is 1. The van der Waals surface area contributed by atoms with E-state index in [1.54, 1.807) is 0 Å². The third-order valence-electron chi connectivity index (χ3n) is 2.94. The lowest BCUT2D eigenvalue weighted by Gasteiger charge is -2.29. The first-order valence-corrected chi connectivity index (χ1v) is 5.99. The van der Waals surface area contributed by atoms with Crippen molar-refractivity contribution in [1.29, 1.82) is 0 Å². The number of hydrogen-bond acceptors (Lipinski definition) is 4. The topological polar surface area (TPSA) is 125 Å². The van der Waals surface area contributed by atoms with Crippen LogP contribution >= 0.6 is 0 Å². The fraction of sp³-hybridized carbons (Fsp3) is 0.727. The third kappa shape index (κ3) is 5.12. The van der Waals surface area contributed by atoms with Gasteiger partial charge in [0.05, 0.1) is 13.0 Å². The molecule has 4 N–H and O–H groups in total. The van der Waals surface area contributed by atoms with Gasteiger partial charge in [-0.2, -0.15) is 0 Å². The Morgan fingerprint density at radius 1 is 1.37 bits per heavy atom. The van der Waals surface area contributed by atoms with Gasteiger partial charge in [0, 0.05) is 12.6 Å². The molecule has 1 aliphatic heterocycles. The van der Waals surface area contributed by atoms with Gasteiger partial charge in [0.15, 0.2) is 0 Å². The largest absolute Gasteiger partial charge is 0.481 e. The van der Waals surface area contributed by atoms with E-state index in [9.17, 15) is 14.4 Å². The number of carboxylic acids is 2. The Morgan fingerprint density at radius 3 is 2.58 bits per heavy atom. The molecule has 2 amide bonds. The van der Waals surface area contributed by atoms with Crippen LogP contribution in [0.3, 0.4) is 0 Å². The zero-order chi connectivity index (χ0) is 14.4. The fourth-order valence-corrected chi connectivity index (χ4v) is 1.84. The summed E-state index contributed by atoms with van der Waals surface area (Å²) in [5.41, 5.74) is 0. The van der Waals surface area contributed by atoms with Gasteiger partial charge in [-0.25, -0.2) is 9.59 Å². The van der Waals surface area contributed by atoms with Gasteiger partial charge in [-0.3, -0.25) is 4.79 Å². The molecule has 8 heteroatoms. The number of aliphatic carboxylic acids is 2. The lowest BCUT2D eigenvalue weighted by Crippen LogP contribution is -2.52. The SMILES string of the molecule is CC1COCCC1NC(=O)N[C@H](CC(=O)O)C(=O)O. The molecule has 0 aromatic heterocycles. The highest BCUT2D eigenvalue weighted by Crippen LogP contribution is 2.13. The molecule has 8 nitrogen and oxygen atoms in total. The lowest BCUT2D eigenvalue weighted by molar-refractivity contribution is -0.145. The molecule has 0 spiro atoms. The molecule has 0 radical (unpaired) electrons. The van der Waals surface area contributed by atoms with Crippen LogP contribution in [0, 0.1) is 5.92 Å². The second-order valence-electron chi connectivity index (χ2n) is 4.55. The van der Waals surface area contributed by atoms with Crippen molar-refractivity contribution < 1.29 is 29.3 Å². The van der Waals surface area contributed by atoms with Gasteiger partial charge < -0.3 is 25.6 Å². The van der Waals surface area contributed by atoms with Crippen molar-refractivity contribution in [1.82, 2.24) is 10.6 Å². The second-order valence-corrected chi connectivity index (χ2v) is 4.55. The zero-order valence-electron chi connectivity index (χ0n) is 10.6. The number of amides is 2. The summed E-state index contributed by atoms with van der Waals surface area (Å²) in [6, 6.07) is -2.21. The van der Waals surface area contributed by atoms with Crippen molar-refractivity contribution in [3.63, 3.8) is 0 Å². The van der Waals surface area contributed by atoms with E-state index in [0.29, 0.717) is 19.6 Å². The molecular weight excluding hydrogens is 256 g/mol. The van der Waals surface area contributed by atoms with Crippen molar-refractivity contribution in [2.45, 2.75) is 31.8 Å². The Balaban J connectivity index is 2.47. The van der Waals surface area contributed by atoms with Crippen LogP contribution in [0.1, 0.15) is 19.8 Å². The third-order valence-corrected chi connectivity index (χ3v) is 2.94. The minimum absolute atomic E-state index is 0.104. The molecule has 0 aliphatic carbocycles. The highest BCUT2D eigenvalue weighted by atomic mass is 16.5. The van der Waals surface area contributed by atoms with E-state index in [1.807, 2.05) is 6.92 Å². The van der Waals surface area contributed by atoms with Crippen LogP contribution in [-0.4, -0.2) is 53.5 Å². The Bertz CT molecular complexity index is 359. The Kier molecular flexibility index (Phi) is 5.56. The molecule has 108 valence electrons. The standard InChI is InChI=1S/C11H18N2O6/c1-6-5-19-3-2-7(6)12-11(18)13-8(10(16)17)4-9(14)15/h6-8H,2-5H2,1H3,(H,14,15)(H,16,17)(H2,12,13,18)/t6?,7?,8-/m1/s1. The van der Waals surface area contributed by atoms with E-state index in [-0.39, 0.29) is 12.0 Å². The van der Waals surface area contributed by atoms with E-state index in [0.717, 1.165) is 0 Å². The van der Waals surface area contributed by atoms with E-state index in [4.69, 9.17) is 14.9 Å². The van der Waals surface area contributed by atoms with Gasteiger partial charge in [0.1, 0.15) is 6.04 Å². The van der Waals surface area contributed by atoms with E-state index < -0.39 is 30.4 Å². The fourth-order valence-electron chi connectivity index (χ4n) is 1.84. The lowest BCUT2D eigenvalue weighted by atomic mass is 9.98. The Labute approximate surface area is 110 Å². The number of carboxylic acid groups (broad SMARTS) is 2.